The van der Waals surface area contributed by atoms with Crippen molar-refractivity contribution in [1.29, 1.82) is 5.26 Å². The monoisotopic (exact) mass is 383 g/mol. The Bertz CT molecular complexity index is 1280. The standard InChI is InChI=1S/C23H21N5O/c1-3-8-21-19(22(29)26-23-25-15(2)27-28(21)23)13-17-11-7-12-18(20(17)14-24)16-9-5-4-6-10-16/h4-7,9-12H,3,8,13H2,1-2H3,(H,25,26,27,29). The van der Waals surface area contributed by atoms with Gasteiger partial charge in [-0.2, -0.15) is 15.3 Å². The van der Waals surface area contributed by atoms with Crippen LogP contribution in [0.5, 0.6) is 0 Å². The second kappa shape index (κ2) is 7.72. The number of aromatic nitrogens is 4. The fourth-order valence-electron chi connectivity index (χ4n) is 3.72. The van der Waals surface area contributed by atoms with Crippen LogP contribution in [0.4, 0.5) is 0 Å². The van der Waals surface area contributed by atoms with Crippen LogP contribution in [-0.4, -0.2) is 19.6 Å². The van der Waals surface area contributed by atoms with Crippen molar-refractivity contribution in [1.82, 2.24) is 19.6 Å². The van der Waals surface area contributed by atoms with E-state index in [9.17, 15) is 10.1 Å². The van der Waals surface area contributed by atoms with E-state index in [-0.39, 0.29) is 5.56 Å². The number of fused-ring (bicyclic) bond motifs is 1. The van der Waals surface area contributed by atoms with Gasteiger partial charge in [0.15, 0.2) is 0 Å². The van der Waals surface area contributed by atoms with Crippen LogP contribution in [0.1, 0.15) is 41.6 Å². The Morgan fingerprint density at radius 3 is 2.66 bits per heavy atom. The Kier molecular flexibility index (Phi) is 4.96. The summed E-state index contributed by atoms with van der Waals surface area (Å²) >= 11 is 0. The normalized spacial score (nSPS) is 10.9. The zero-order valence-electron chi connectivity index (χ0n) is 16.4. The van der Waals surface area contributed by atoms with Gasteiger partial charge in [-0.3, -0.25) is 9.78 Å². The fraction of sp³-hybridized carbons (Fsp3) is 0.217. The van der Waals surface area contributed by atoms with E-state index in [4.69, 9.17) is 0 Å². The molecule has 0 radical (unpaired) electrons. The van der Waals surface area contributed by atoms with E-state index >= 15 is 0 Å². The van der Waals surface area contributed by atoms with Crippen molar-refractivity contribution in [2.75, 3.05) is 0 Å². The van der Waals surface area contributed by atoms with E-state index in [0.29, 0.717) is 35.6 Å². The second-order valence-electron chi connectivity index (χ2n) is 7.02. The molecular weight excluding hydrogens is 362 g/mol. The molecule has 4 aromatic rings. The molecule has 2 aromatic carbocycles. The van der Waals surface area contributed by atoms with Gasteiger partial charge in [0, 0.05) is 12.0 Å². The van der Waals surface area contributed by atoms with Crippen molar-refractivity contribution in [3.8, 4) is 17.2 Å². The van der Waals surface area contributed by atoms with Crippen molar-refractivity contribution in [2.24, 2.45) is 0 Å². The topological polar surface area (TPSA) is 86.8 Å². The molecule has 0 aliphatic carbocycles. The highest BCUT2D eigenvalue weighted by Crippen LogP contribution is 2.27. The largest absolute Gasteiger partial charge is 0.290 e. The third-order valence-corrected chi connectivity index (χ3v) is 5.02. The summed E-state index contributed by atoms with van der Waals surface area (Å²) in [5.74, 6) is 1.07. The van der Waals surface area contributed by atoms with Crippen LogP contribution >= 0.6 is 0 Å². The number of H-pyrrole nitrogens is 1. The lowest BCUT2D eigenvalue weighted by Crippen LogP contribution is -2.21. The number of hydrogen-bond donors (Lipinski definition) is 1. The predicted molar refractivity (Wildman–Crippen MR) is 112 cm³/mol. The fourth-order valence-corrected chi connectivity index (χ4v) is 3.72. The molecule has 29 heavy (non-hydrogen) atoms. The second-order valence-corrected chi connectivity index (χ2v) is 7.02. The summed E-state index contributed by atoms with van der Waals surface area (Å²) in [7, 11) is 0. The van der Waals surface area contributed by atoms with Crippen molar-refractivity contribution in [3.63, 3.8) is 0 Å². The summed E-state index contributed by atoms with van der Waals surface area (Å²) in [6.07, 6.45) is 1.95. The number of nitriles is 1. The maximum absolute atomic E-state index is 12.9. The first-order chi connectivity index (χ1) is 14.1. The average molecular weight is 383 g/mol. The summed E-state index contributed by atoms with van der Waals surface area (Å²) in [6.45, 7) is 3.87. The van der Waals surface area contributed by atoms with Crippen LogP contribution in [0.25, 0.3) is 16.9 Å². The minimum absolute atomic E-state index is 0.178. The molecule has 4 rings (SSSR count). The third-order valence-electron chi connectivity index (χ3n) is 5.02. The van der Waals surface area contributed by atoms with Crippen LogP contribution in [0.2, 0.25) is 0 Å². The molecule has 1 N–H and O–H groups in total. The molecule has 0 amide bonds. The molecule has 0 atom stereocenters. The van der Waals surface area contributed by atoms with Gasteiger partial charge in [0.1, 0.15) is 11.9 Å². The maximum Gasteiger partial charge on any atom is 0.256 e. The van der Waals surface area contributed by atoms with Crippen molar-refractivity contribution >= 4 is 5.78 Å². The van der Waals surface area contributed by atoms with Crippen LogP contribution in [0.15, 0.2) is 53.3 Å². The molecular formula is C23H21N5O. The number of aryl methyl sites for hydroxylation is 2. The van der Waals surface area contributed by atoms with Crippen LogP contribution < -0.4 is 5.56 Å². The number of nitrogens with zero attached hydrogens (tertiary/aromatic N) is 4. The molecule has 144 valence electrons. The Labute approximate surface area is 168 Å². The molecule has 6 heteroatoms. The summed E-state index contributed by atoms with van der Waals surface area (Å²) in [6, 6.07) is 18.0. The summed E-state index contributed by atoms with van der Waals surface area (Å²) in [4.78, 5) is 20.0. The SMILES string of the molecule is CCCc1c(Cc2cccc(-c3ccccc3)c2C#N)c(=O)[nH]c2nc(C)nn12. The molecule has 0 saturated carbocycles. The number of hydrogen-bond acceptors (Lipinski definition) is 4. The Hall–Kier alpha value is -3.72. The van der Waals surface area contributed by atoms with Crippen LogP contribution in [0, 0.1) is 18.3 Å². The van der Waals surface area contributed by atoms with Gasteiger partial charge in [0.2, 0.25) is 5.78 Å². The van der Waals surface area contributed by atoms with Crippen molar-refractivity contribution in [2.45, 2.75) is 33.1 Å². The molecule has 0 fully saturated rings. The van der Waals surface area contributed by atoms with E-state index in [1.807, 2.05) is 48.5 Å². The quantitative estimate of drug-likeness (QED) is 0.568. The predicted octanol–water partition coefficient (Wildman–Crippen LogP) is 3.81. The molecule has 6 nitrogen and oxygen atoms in total. The van der Waals surface area contributed by atoms with E-state index in [2.05, 4.69) is 28.1 Å². The van der Waals surface area contributed by atoms with Gasteiger partial charge in [-0.1, -0.05) is 61.9 Å². The number of benzene rings is 2. The summed E-state index contributed by atoms with van der Waals surface area (Å²) in [5, 5.41) is 14.3. The lowest BCUT2D eigenvalue weighted by atomic mass is 9.92. The highest BCUT2D eigenvalue weighted by atomic mass is 16.1. The highest BCUT2D eigenvalue weighted by Gasteiger charge is 2.18. The number of rotatable bonds is 5. The Balaban J connectivity index is 1.88. The molecule has 2 aromatic heterocycles. The highest BCUT2D eigenvalue weighted by molar-refractivity contribution is 5.72. The number of aromatic amines is 1. The third kappa shape index (κ3) is 3.43. The minimum Gasteiger partial charge on any atom is -0.290 e. The van der Waals surface area contributed by atoms with E-state index in [1.54, 1.807) is 11.4 Å². The van der Waals surface area contributed by atoms with Gasteiger partial charge >= 0.3 is 0 Å². The first-order valence-electron chi connectivity index (χ1n) is 9.67. The summed E-state index contributed by atoms with van der Waals surface area (Å²) < 4.78 is 1.72. The molecule has 0 saturated heterocycles. The lowest BCUT2D eigenvalue weighted by Gasteiger charge is -2.13. The molecule has 0 bridgehead atoms. The molecule has 0 spiro atoms. The first kappa shape index (κ1) is 18.6. The van der Waals surface area contributed by atoms with E-state index in [0.717, 1.165) is 28.8 Å². The van der Waals surface area contributed by atoms with Crippen LogP contribution in [0.3, 0.4) is 0 Å². The van der Waals surface area contributed by atoms with Gasteiger partial charge in [0.05, 0.1) is 11.3 Å². The van der Waals surface area contributed by atoms with Gasteiger partial charge in [-0.25, -0.2) is 4.52 Å². The molecule has 0 aliphatic heterocycles. The van der Waals surface area contributed by atoms with Crippen molar-refractivity contribution < 1.29 is 0 Å². The zero-order valence-corrected chi connectivity index (χ0v) is 16.4. The van der Waals surface area contributed by atoms with Crippen LogP contribution in [-0.2, 0) is 12.8 Å². The van der Waals surface area contributed by atoms with E-state index in [1.165, 1.54) is 0 Å². The van der Waals surface area contributed by atoms with Gasteiger partial charge in [-0.05, 0) is 30.0 Å². The van der Waals surface area contributed by atoms with Gasteiger partial charge in [-0.15, -0.1) is 0 Å². The lowest BCUT2D eigenvalue weighted by molar-refractivity contribution is 0.765. The smallest absolute Gasteiger partial charge is 0.256 e. The first-order valence-corrected chi connectivity index (χ1v) is 9.67. The summed E-state index contributed by atoms with van der Waals surface area (Å²) in [5.41, 5.74) is 4.57. The average Bonchev–Trinajstić information content (AvgIpc) is 3.10. The van der Waals surface area contributed by atoms with Gasteiger partial charge < -0.3 is 0 Å². The minimum atomic E-state index is -0.178. The molecule has 0 unspecified atom stereocenters. The Morgan fingerprint density at radius 1 is 1.14 bits per heavy atom. The van der Waals surface area contributed by atoms with E-state index < -0.39 is 0 Å². The molecule has 0 aliphatic rings. The van der Waals surface area contributed by atoms with Gasteiger partial charge in [0.25, 0.3) is 5.56 Å². The zero-order chi connectivity index (χ0) is 20.4. The maximum atomic E-state index is 12.9. The van der Waals surface area contributed by atoms with Crippen molar-refractivity contribution in [3.05, 3.63) is 87.1 Å². The Morgan fingerprint density at radius 2 is 1.93 bits per heavy atom. The molecule has 2 heterocycles. The number of nitrogens with one attached hydrogen (secondary N) is 1.